The van der Waals surface area contributed by atoms with Gasteiger partial charge in [0.15, 0.2) is 0 Å². The average Bonchev–Trinajstić information content (AvgIpc) is 3.95. The number of benzene rings is 11. The van der Waals surface area contributed by atoms with Crippen molar-refractivity contribution in [3.8, 4) is 0 Å². The van der Waals surface area contributed by atoms with Gasteiger partial charge >= 0.3 is 0 Å². The molecule has 0 bridgehead atoms. The fourth-order valence-corrected chi connectivity index (χ4v) is 11.4. The fraction of sp³-hybridized carbons (Fsp3) is 0. The first-order valence-corrected chi connectivity index (χ1v) is 24.4. The van der Waals surface area contributed by atoms with E-state index in [1.165, 1.54) is 19.6 Å². The molecular formula is C62H40N2O2S2. The Morgan fingerprint density at radius 2 is 0.559 bits per heavy atom. The Kier molecular flexibility index (Phi) is 9.99. The molecule has 0 aliphatic rings. The molecule has 0 aliphatic carbocycles. The Balaban J connectivity index is 0.956. The third-order valence-corrected chi connectivity index (χ3v) is 14.7. The van der Waals surface area contributed by atoms with Crippen LogP contribution >= 0.6 is 23.5 Å². The first-order chi connectivity index (χ1) is 33.7. The molecule has 0 spiro atoms. The van der Waals surface area contributed by atoms with E-state index in [4.69, 9.17) is 8.83 Å². The summed E-state index contributed by atoms with van der Waals surface area (Å²) in [4.78, 5) is 9.47. The Morgan fingerprint density at radius 3 is 0.941 bits per heavy atom. The molecule has 2 heterocycles. The highest BCUT2D eigenvalue weighted by Crippen LogP contribution is 2.49. The number of anilines is 6. The Labute approximate surface area is 401 Å². The van der Waals surface area contributed by atoms with Gasteiger partial charge in [0.05, 0.1) is 11.4 Å². The number of hydrogen-bond donors (Lipinski definition) is 0. The summed E-state index contributed by atoms with van der Waals surface area (Å²) in [6, 6.07) is 86.1. The van der Waals surface area contributed by atoms with Crippen molar-refractivity contribution in [1.29, 1.82) is 0 Å². The smallest absolute Gasteiger partial charge is 0.138 e. The van der Waals surface area contributed by atoms with Crippen LogP contribution < -0.4 is 9.80 Å². The molecule has 6 heteroatoms. The van der Waals surface area contributed by atoms with Crippen LogP contribution in [0, 0.1) is 0 Å². The summed E-state index contributed by atoms with van der Waals surface area (Å²) < 4.78 is 14.0. The Morgan fingerprint density at radius 1 is 0.250 bits per heavy atom. The number of nitrogens with zero attached hydrogens (tertiary/aromatic N) is 2. The molecule has 0 amide bonds. The second kappa shape index (κ2) is 16.9. The van der Waals surface area contributed by atoms with Crippen LogP contribution in [-0.4, -0.2) is 0 Å². The molecule has 0 radical (unpaired) electrons. The van der Waals surface area contributed by atoms with Gasteiger partial charge in [-0.1, -0.05) is 145 Å². The van der Waals surface area contributed by atoms with Gasteiger partial charge < -0.3 is 18.6 Å². The minimum Gasteiger partial charge on any atom is -0.456 e. The molecule has 2 aromatic heterocycles. The molecule has 0 fully saturated rings. The molecule has 0 unspecified atom stereocenters. The van der Waals surface area contributed by atoms with Crippen molar-refractivity contribution < 1.29 is 8.83 Å². The highest BCUT2D eigenvalue weighted by Gasteiger charge is 2.24. The largest absolute Gasteiger partial charge is 0.456 e. The van der Waals surface area contributed by atoms with Crippen molar-refractivity contribution in [2.45, 2.75) is 19.6 Å². The van der Waals surface area contributed by atoms with Crippen molar-refractivity contribution in [2.24, 2.45) is 0 Å². The molecule has 13 rings (SSSR count). The molecule has 0 aliphatic heterocycles. The first kappa shape index (κ1) is 40.1. The maximum Gasteiger partial charge on any atom is 0.138 e. The van der Waals surface area contributed by atoms with Crippen LogP contribution in [0.25, 0.3) is 65.4 Å². The SMILES string of the molecule is c1ccc(Sc2ccc(N(c3ccccc3)c3cc4oc5cc6c(cc5c4c4ccccc34)oc3cc(N(c4ccccc4)c4ccc(Sc5ccccc5)cc4)c4ccccc4c36)cc2)cc1. The van der Waals surface area contributed by atoms with E-state index in [1.54, 1.807) is 23.5 Å². The van der Waals surface area contributed by atoms with Gasteiger partial charge in [0.1, 0.15) is 22.3 Å². The maximum absolute atomic E-state index is 6.99. The van der Waals surface area contributed by atoms with E-state index in [1.807, 2.05) is 0 Å². The highest BCUT2D eigenvalue weighted by atomic mass is 32.2. The van der Waals surface area contributed by atoms with Crippen LogP contribution in [0.1, 0.15) is 0 Å². The van der Waals surface area contributed by atoms with Crippen LogP contribution in [0.5, 0.6) is 0 Å². The third kappa shape index (κ3) is 7.13. The summed E-state index contributed by atoms with van der Waals surface area (Å²) in [6.45, 7) is 0. The number of hydrogen-bond acceptors (Lipinski definition) is 6. The standard InChI is InChI=1S/C62H40N2O2S2/c1-5-17-41(18-6-1)63(43-29-33-47(34-30-43)67-45-21-9-3-10-22-45)55-39-59-61(51-27-15-13-25-49(51)55)53-37-58-54(38-57(53)65-59)62-52-28-16-14-26-50(52)56(40-60(62)66-58)64(42-19-7-2-8-20-42)44-31-35-48(36-32-44)68-46-23-11-4-12-24-46/h1-40H. The lowest BCUT2D eigenvalue weighted by molar-refractivity contribution is 0.664. The van der Waals surface area contributed by atoms with Crippen LogP contribution in [0.4, 0.5) is 34.1 Å². The molecule has 0 N–H and O–H groups in total. The molecule has 0 saturated carbocycles. The zero-order valence-corrected chi connectivity index (χ0v) is 38.3. The summed E-state index contributed by atoms with van der Waals surface area (Å²) in [7, 11) is 0. The van der Waals surface area contributed by atoms with E-state index < -0.39 is 0 Å². The molecule has 11 aromatic carbocycles. The van der Waals surface area contributed by atoms with Gasteiger partial charge in [-0.2, -0.15) is 0 Å². The molecule has 13 aromatic rings. The maximum atomic E-state index is 6.99. The van der Waals surface area contributed by atoms with Gasteiger partial charge in [-0.15, -0.1) is 0 Å². The van der Waals surface area contributed by atoms with E-state index in [9.17, 15) is 0 Å². The summed E-state index contributed by atoms with van der Waals surface area (Å²) in [6.07, 6.45) is 0. The number of furan rings is 2. The summed E-state index contributed by atoms with van der Waals surface area (Å²) in [5.41, 5.74) is 9.63. The summed E-state index contributed by atoms with van der Waals surface area (Å²) in [5, 5.41) is 8.66. The van der Waals surface area contributed by atoms with Crippen LogP contribution in [-0.2, 0) is 0 Å². The van der Waals surface area contributed by atoms with Gasteiger partial charge in [0.25, 0.3) is 0 Å². The number of fused-ring (bicyclic) bond motifs is 10. The normalized spacial score (nSPS) is 11.6. The van der Waals surface area contributed by atoms with Gasteiger partial charge in [0.2, 0.25) is 0 Å². The predicted octanol–water partition coefficient (Wildman–Crippen LogP) is 19.0. The fourth-order valence-electron chi connectivity index (χ4n) is 9.69. The minimum absolute atomic E-state index is 0.818. The van der Waals surface area contributed by atoms with E-state index in [-0.39, 0.29) is 0 Å². The first-order valence-electron chi connectivity index (χ1n) is 22.7. The highest BCUT2D eigenvalue weighted by molar-refractivity contribution is 7.99. The second-order valence-corrected chi connectivity index (χ2v) is 19.1. The molecule has 68 heavy (non-hydrogen) atoms. The van der Waals surface area contributed by atoms with E-state index in [0.717, 1.165) is 99.5 Å². The molecule has 322 valence electrons. The summed E-state index contributed by atoms with van der Waals surface area (Å²) >= 11 is 3.53. The zero-order valence-electron chi connectivity index (χ0n) is 36.6. The third-order valence-electron chi connectivity index (χ3n) is 12.7. The van der Waals surface area contributed by atoms with Gasteiger partial charge in [-0.3, -0.25) is 0 Å². The van der Waals surface area contributed by atoms with Gasteiger partial charge in [-0.05, 0) is 120 Å². The van der Waals surface area contributed by atoms with Crippen molar-refractivity contribution in [3.05, 3.63) is 243 Å². The lowest BCUT2D eigenvalue weighted by Crippen LogP contribution is -2.10. The van der Waals surface area contributed by atoms with Crippen LogP contribution in [0.2, 0.25) is 0 Å². The average molecular weight is 909 g/mol. The van der Waals surface area contributed by atoms with Crippen molar-refractivity contribution in [2.75, 3.05) is 9.80 Å². The van der Waals surface area contributed by atoms with Crippen molar-refractivity contribution in [3.63, 3.8) is 0 Å². The monoisotopic (exact) mass is 908 g/mol. The molecule has 0 atom stereocenters. The molecule has 0 saturated heterocycles. The van der Waals surface area contributed by atoms with Crippen molar-refractivity contribution in [1.82, 2.24) is 0 Å². The Hall–Kier alpha value is -8.16. The minimum atomic E-state index is 0.818. The van der Waals surface area contributed by atoms with Gasteiger partial charge in [0, 0.05) is 86.8 Å². The van der Waals surface area contributed by atoms with E-state index in [2.05, 4.69) is 252 Å². The second-order valence-electron chi connectivity index (χ2n) is 16.8. The van der Waals surface area contributed by atoms with Gasteiger partial charge in [-0.25, -0.2) is 0 Å². The van der Waals surface area contributed by atoms with E-state index in [0.29, 0.717) is 0 Å². The predicted molar refractivity (Wildman–Crippen MR) is 287 cm³/mol. The van der Waals surface area contributed by atoms with Crippen LogP contribution in [0.15, 0.2) is 271 Å². The van der Waals surface area contributed by atoms with E-state index >= 15 is 0 Å². The van der Waals surface area contributed by atoms with Crippen LogP contribution in [0.3, 0.4) is 0 Å². The quantitative estimate of drug-likeness (QED) is 0.136. The Bertz CT molecular complexity index is 3690. The lowest BCUT2D eigenvalue weighted by Gasteiger charge is -2.27. The topological polar surface area (TPSA) is 32.8 Å². The molecular weight excluding hydrogens is 869 g/mol. The zero-order chi connectivity index (χ0) is 45.0. The number of rotatable bonds is 10. The van der Waals surface area contributed by atoms with Crippen molar-refractivity contribution >= 4 is 123 Å². The summed E-state index contributed by atoms with van der Waals surface area (Å²) in [5.74, 6) is 0. The number of para-hydroxylation sites is 2. The lowest BCUT2D eigenvalue weighted by atomic mass is 9.99. The molecule has 4 nitrogen and oxygen atoms in total.